The molecule has 0 spiro atoms. The Hall–Kier alpha value is -0.680. The third-order valence-electron chi connectivity index (χ3n) is 3.30. The fourth-order valence-electron chi connectivity index (χ4n) is 2.19. The molecular formula is C15H22N2S2. The molecule has 0 fully saturated rings. The highest BCUT2D eigenvalue weighted by Crippen LogP contribution is 2.20. The van der Waals surface area contributed by atoms with E-state index in [1.807, 2.05) is 22.7 Å². The first-order chi connectivity index (χ1) is 9.31. The molecule has 1 unspecified atom stereocenters. The molecular weight excluding hydrogens is 272 g/mol. The molecule has 2 aromatic heterocycles. The number of nitrogens with one attached hydrogen (secondary N) is 1. The van der Waals surface area contributed by atoms with Gasteiger partial charge in [0.1, 0.15) is 0 Å². The van der Waals surface area contributed by atoms with Crippen molar-refractivity contribution >= 4 is 22.7 Å². The van der Waals surface area contributed by atoms with Crippen LogP contribution in [0.2, 0.25) is 0 Å². The van der Waals surface area contributed by atoms with E-state index in [1.165, 1.54) is 27.5 Å². The van der Waals surface area contributed by atoms with Crippen molar-refractivity contribution in [3.05, 3.63) is 44.3 Å². The molecule has 3 N–H and O–H groups in total. The maximum atomic E-state index is 5.68. The molecule has 0 saturated heterocycles. The minimum Gasteiger partial charge on any atom is -0.271 e. The van der Waals surface area contributed by atoms with Crippen molar-refractivity contribution in [1.82, 2.24) is 5.43 Å². The molecule has 0 aliphatic rings. The Morgan fingerprint density at radius 1 is 1.21 bits per heavy atom. The Bertz CT molecular complexity index is 462. The lowest BCUT2D eigenvalue weighted by atomic mass is 10.1. The zero-order valence-corrected chi connectivity index (χ0v) is 13.0. The number of thiophene rings is 2. The molecule has 1 atom stereocenters. The predicted molar refractivity (Wildman–Crippen MR) is 85.8 cm³/mol. The fourth-order valence-corrected chi connectivity index (χ4v) is 3.98. The van der Waals surface area contributed by atoms with Crippen LogP contribution in [0.1, 0.15) is 34.4 Å². The van der Waals surface area contributed by atoms with Crippen molar-refractivity contribution < 1.29 is 0 Å². The van der Waals surface area contributed by atoms with Gasteiger partial charge < -0.3 is 0 Å². The lowest BCUT2D eigenvalue weighted by Gasteiger charge is -2.14. The number of aryl methyl sites for hydroxylation is 2. The largest absolute Gasteiger partial charge is 0.271 e. The lowest BCUT2D eigenvalue weighted by molar-refractivity contribution is 0.479. The number of hydrazine groups is 1. The van der Waals surface area contributed by atoms with Crippen LogP contribution < -0.4 is 11.3 Å². The van der Waals surface area contributed by atoms with Crippen LogP contribution >= 0.6 is 22.7 Å². The standard InChI is InChI=1S/C15H22N2S2/c1-2-13-8-9-15(19-13)11-12(17-16)5-3-6-14-7-4-10-18-14/h4,7-10,12,17H,2-3,5-6,11,16H2,1H3. The van der Waals surface area contributed by atoms with Gasteiger partial charge in [0, 0.05) is 20.7 Å². The van der Waals surface area contributed by atoms with E-state index >= 15 is 0 Å². The molecule has 0 aliphatic heterocycles. The number of hydrogen-bond donors (Lipinski definition) is 2. The predicted octanol–water partition coefficient (Wildman–Crippen LogP) is 3.77. The molecule has 0 radical (unpaired) electrons. The van der Waals surface area contributed by atoms with Gasteiger partial charge in [-0.3, -0.25) is 11.3 Å². The molecule has 0 saturated carbocycles. The molecule has 0 aliphatic carbocycles. The Kier molecular flexibility index (Phi) is 6.04. The molecule has 2 rings (SSSR count). The van der Waals surface area contributed by atoms with Crippen molar-refractivity contribution in [3.63, 3.8) is 0 Å². The fraction of sp³-hybridized carbons (Fsp3) is 0.467. The van der Waals surface area contributed by atoms with Gasteiger partial charge in [-0.25, -0.2) is 0 Å². The van der Waals surface area contributed by atoms with Crippen molar-refractivity contribution in [1.29, 1.82) is 0 Å². The summed E-state index contributed by atoms with van der Waals surface area (Å²) in [6, 6.07) is 9.20. The van der Waals surface area contributed by atoms with Crippen molar-refractivity contribution in [2.24, 2.45) is 5.84 Å². The van der Waals surface area contributed by atoms with Gasteiger partial charge in [0.2, 0.25) is 0 Å². The summed E-state index contributed by atoms with van der Waals surface area (Å²) in [5.41, 5.74) is 2.97. The van der Waals surface area contributed by atoms with Gasteiger partial charge in [-0.1, -0.05) is 13.0 Å². The molecule has 2 aromatic rings. The van der Waals surface area contributed by atoms with Crippen molar-refractivity contribution in [2.45, 2.75) is 45.1 Å². The summed E-state index contributed by atoms with van der Waals surface area (Å²) < 4.78 is 0. The van der Waals surface area contributed by atoms with Gasteiger partial charge in [0.25, 0.3) is 0 Å². The van der Waals surface area contributed by atoms with E-state index in [2.05, 4.69) is 42.0 Å². The SMILES string of the molecule is CCc1ccc(CC(CCCc2cccs2)NN)s1. The normalized spacial score (nSPS) is 12.7. The van der Waals surface area contributed by atoms with Gasteiger partial charge in [-0.15, -0.1) is 22.7 Å². The number of hydrogen-bond acceptors (Lipinski definition) is 4. The topological polar surface area (TPSA) is 38.0 Å². The molecule has 2 nitrogen and oxygen atoms in total. The van der Waals surface area contributed by atoms with Gasteiger partial charge in [-0.2, -0.15) is 0 Å². The minimum atomic E-state index is 0.392. The van der Waals surface area contributed by atoms with E-state index in [-0.39, 0.29) is 0 Å². The van der Waals surface area contributed by atoms with Gasteiger partial charge >= 0.3 is 0 Å². The summed E-state index contributed by atoms with van der Waals surface area (Å²) in [7, 11) is 0. The summed E-state index contributed by atoms with van der Waals surface area (Å²) in [4.78, 5) is 4.38. The lowest BCUT2D eigenvalue weighted by Crippen LogP contribution is -2.36. The minimum absolute atomic E-state index is 0.392. The molecule has 4 heteroatoms. The zero-order chi connectivity index (χ0) is 13.5. The monoisotopic (exact) mass is 294 g/mol. The number of rotatable bonds is 8. The zero-order valence-electron chi connectivity index (χ0n) is 11.4. The second-order valence-electron chi connectivity index (χ2n) is 4.76. The second kappa shape index (κ2) is 7.80. The molecule has 0 aromatic carbocycles. The van der Waals surface area contributed by atoms with Crippen molar-refractivity contribution in [2.75, 3.05) is 0 Å². The maximum absolute atomic E-state index is 5.68. The smallest absolute Gasteiger partial charge is 0.0258 e. The first kappa shape index (κ1) is 14.7. The van der Waals surface area contributed by atoms with E-state index in [4.69, 9.17) is 5.84 Å². The highest BCUT2D eigenvalue weighted by atomic mass is 32.1. The van der Waals surface area contributed by atoms with Gasteiger partial charge in [0.15, 0.2) is 0 Å². The Morgan fingerprint density at radius 2 is 2.05 bits per heavy atom. The maximum Gasteiger partial charge on any atom is 0.0258 e. The van der Waals surface area contributed by atoms with Crippen LogP contribution in [-0.4, -0.2) is 6.04 Å². The summed E-state index contributed by atoms with van der Waals surface area (Å²) >= 11 is 3.76. The van der Waals surface area contributed by atoms with E-state index in [1.54, 1.807) is 0 Å². The number of nitrogens with two attached hydrogens (primary N) is 1. The van der Waals surface area contributed by atoms with Gasteiger partial charge in [0.05, 0.1) is 0 Å². The molecule has 0 amide bonds. The quantitative estimate of drug-likeness (QED) is 0.574. The van der Waals surface area contributed by atoms with Crippen LogP contribution in [0.15, 0.2) is 29.6 Å². The van der Waals surface area contributed by atoms with Crippen LogP contribution in [-0.2, 0) is 19.3 Å². The van der Waals surface area contributed by atoms with Gasteiger partial charge in [-0.05, 0) is 55.7 Å². The van der Waals surface area contributed by atoms with Crippen LogP contribution in [0.25, 0.3) is 0 Å². The highest BCUT2D eigenvalue weighted by Gasteiger charge is 2.09. The Morgan fingerprint density at radius 3 is 2.68 bits per heavy atom. The van der Waals surface area contributed by atoms with Crippen LogP contribution in [0.5, 0.6) is 0 Å². The summed E-state index contributed by atoms with van der Waals surface area (Å²) in [6.07, 6.45) is 5.67. The van der Waals surface area contributed by atoms with E-state index in [0.29, 0.717) is 6.04 Å². The third-order valence-corrected chi connectivity index (χ3v) is 5.49. The Labute approximate surface area is 123 Å². The first-order valence-electron chi connectivity index (χ1n) is 6.88. The molecule has 0 bridgehead atoms. The Balaban J connectivity index is 1.76. The van der Waals surface area contributed by atoms with Crippen molar-refractivity contribution in [3.8, 4) is 0 Å². The summed E-state index contributed by atoms with van der Waals surface area (Å²) in [5.74, 6) is 5.68. The highest BCUT2D eigenvalue weighted by molar-refractivity contribution is 7.12. The third kappa shape index (κ3) is 4.73. The molecule has 19 heavy (non-hydrogen) atoms. The second-order valence-corrected chi connectivity index (χ2v) is 7.05. The van der Waals surface area contributed by atoms with Crippen LogP contribution in [0.3, 0.4) is 0 Å². The molecule has 2 heterocycles. The average molecular weight is 294 g/mol. The van der Waals surface area contributed by atoms with E-state index < -0.39 is 0 Å². The average Bonchev–Trinajstić information content (AvgIpc) is 3.08. The molecule has 104 valence electrons. The van der Waals surface area contributed by atoms with E-state index in [9.17, 15) is 0 Å². The summed E-state index contributed by atoms with van der Waals surface area (Å²) in [5, 5.41) is 2.14. The van der Waals surface area contributed by atoms with E-state index in [0.717, 1.165) is 19.3 Å². The van der Waals surface area contributed by atoms with Crippen LogP contribution in [0.4, 0.5) is 0 Å². The summed E-state index contributed by atoms with van der Waals surface area (Å²) in [6.45, 7) is 2.20. The van der Waals surface area contributed by atoms with Crippen LogP contribution in [0, 0.1) is 0 Å². The first-order valence-corrected chi connectivity index (χ1v) is 8.57.